The number of benzene rings is 2. The largest absolute Gasteiger partial charge is 0.330 e. The highest BCUT2D eigenvalue weighted by Gasteiger charge is 2.34. The Hall–Kier alpha value is -2.71. The molecule has 0 unspecified atom stereocenters. The second kappa shape index (κ2) is 8.75. The SMILES string of the molecule is Cc1ccccc1Nc1nnc(SCCCCN2C(=O)c3ccccc3C2=O)s1. The van der Waals surface area contributed by atoms with Gasteiger partial charge in [-0.15, -0.1) is 10.2 Å². The molecule has 1 N–H and O–H groups in total. The van der Waals surface area contributed by atoms with Crippen LogP contribution in [0.3, 0.4) is 0 Å². The van der Waals surface area contributed by atoms with E-state index in [1.807, 2.05) is 31.2 Å². The van der Waals surface area contributed by atoms with E-state index >= 15 is 0 Å². The minimum absolute atomic E-state index is 0.186. The lowest BCUT2D eigenvalue weighted by Crippen LogP contribution is -2.30. The van der Waals surface area contributed by atoms with Crippen LogP contribution < -0.4 is 5.32 Å². The van der Waals surface area contributed by atoms with Crippen molar-refractivity contribution in [3.05, 3.63) is 65.2 Å². The molecule has 2 heterocycles. The average molecular weight is 425 g/mol. The van der Waals surface area contributed by atoms with Crippen LogP contribution in [0.1, 0.15) is 39.1 Å². The maximum absolute atomic E-state index is 12.3. The van der Waals surface area contributed by atoms with Gasteiger partial charge in [-0.1, -0.05) is 53.4 Å². The number of hydrogen-bond donors (Lipinski definition) is 1. The molecule has 1 aromatic heterocycles. The quantitative estimate of drug-likeness (QED) is 0.319. The predicted octanol–water partition coefficient (Wildman–Crippen LogP) is 4.76. The van der Waals surface area contributed by atoms with Gasteiger partial charge < -0.3 is 5.32 Å². The molecule has 29 heavy (non-hydrogen) atoms. The summed E-state index contributed by atoms with van der Waals surface area (Å²) in [5.74, 6) is 0.492. The van der Waals surface area contributed by atoms with E-state index in [0.717, 1.165) is 39.3 Å². The summed E-state index contributed by atoms with van der Waals surface area (Å²) >= 11 is 3.17. The Labute approximate surface area is 177 Å². The molecule has 0 saturated carbocycles. The third-order valence-corrected chi connectivity index (χ3v) is 6.73. The fourth-order valence-corrected chi connectivity index (χ4v) is 4.95. The number of aryl methyl sites for hydroxylation is 1. The van der Waals surface area contributed by atoms with Gasteiger partial charge in [-0.05, 0) is 43.5 Å². The standard InChI is InChI=1S/C21H20N4O2S2/c1-14-8-2-5-11-17(14)22-20-23-24-21(29-20)28-13-7-6-12-25-18(26)15-9-3-4-10-16(15)19(25)27/h2-5,8-11H,6-7,12-13H2,1H3,(H,22,23). The van der Waals surface area contributed by atoms with Crippen molar-refractivity contribution in [2.45, 2.75) is 24.1 Å². The van der Waals surface area contributed by atoms with E-state index in [2.05, 4.69) is 15.5 Å². The molecule has 3 aromatic rings. The molecule has 6 nitrogen and oxygen atoms in total. The number of para-hydroxylation sites is 1. The van der Waals surface area contributed by atoms with Crippen molar-refractivity contribution in [1.29, 1.82) is 0 Å². The third-order valence-electron chi connectivity index (χ3n) is 4.67. The second-order valence-corrected chi connectivity index (χ2v) is 9.00. The smallest absolute Gasteiger partial charge is 0.261 e. The van der Waals surface area contributed by atoms with Gasteiger partial charge in [0.15, 0.2) is 4.34 Å². The molecule has 0 bridgehead atoms. The first kappa shape index (κ1) is 19.6. The van der Waals surface area contributed by atoms with Crippen LogP contribution in [0.4, 0.5) is 10.8 Å². The zero-order valence-corrected chi connectivity index (χ0v) is 17.6. The second-order valence-electron chi connectivity index (χ2n) is 6.68. The Morgan fingerprint density at radius 3 is 2.38 bits per heavy atom. The first-order valence-corrected chi connectivity index (χ1v) is 11.2. The van der Waals surface area contributed by atoms with Crippen LogP contribution >= 0.6 is 23.1 Å². The number of aromatic nitrogens is 2. The monoisotopic (exact) mass is 424 g/mol. The van der Waals surface area contributed by atoms with E-state index in [1.165, 1.54) is 16.2 Å². The fourth-order valence-electron chi connectivity index (χ4n) is 3.12. The Morgan fingerprint density at radius 1 is 0.966 bits per heavy atom. The molecule has 0 saturated heterocycles. The lowest BCUT2D eigenvalue weighted by atomic mass is 10.1. The molecule has 0 radical (unpaired) electrons. The Kier molecular flexibility index (Phi) is 5.92. The highest BCUT2D eigenvalue weighted by Crippen LogP contribution is 2.29. The normalized spacial score (nSPS) is 13.1. The molecule has 2 aromatic carbocycles. The van der Waals surface area contributed by atoms with Gasteiger partial charge in [-0.2, -0.15) is 0 Å². The van der Waals surface area contributed by atoms with Crippen molar-refractivity contribution in [1.82, 2.24) is 15.1 Å². The summed E-state index contributed by atoms with van der Waals surface area (Å²) in [6.45, 7) is 2.50. The minimum Gasteiger partial charge on any atom is -0.330 e. The highest BCUT2D eigenvalue weighted by molar-refractivity contribution is 8.01. The topological polar surface area (TPSA) is 75.2 Å². The summed E-state index contributed by atoms with van der Waals surface area (Å²) in [5.41, 5.74) is 3.20. The molecular weight excluding hydrogens is 404 g/mol. The van der Waals surface area contributed by atoms with E-state index < -0.39 is 0 Å². The number of unbranched alkanes of at least 4 members (excludes halogenated alkanes) is 1. The lowest BCUT2D eigenvalue weighted by Gasteiger charge is -2.13. The van der Waals surface area contributed by atoms with Crippen LogP contribution in [0.5, 0.6) is 0 Å². The first-order chi connectivity index (χ1) is 14.1. The number of nitrogens with one attached hydrogen (secondary N) is 1. The molecule has 0 fully saturated rings. The number of anilines is 2. The van der Waals surface area contributed by atoms with Crippen LogP contribution in [-0.4, -0.2) is 39.2 Å². The number of hydrogen-bond acceptors (Lipinski definition) is 7. The average Bonchev–Trinajstić information content (AvgIpc) is 3.27. The molecule has 2 amide bonds. The van der Waals surface area contributed by atoms with E-state index in [1.54, 1.807) is 36.0 Å². The number of fused-ring (bicyclic) bond motifs is 1. The molecule has 0 atom stereocenters. The fraction of sp³-hybridized carbons (Fsp3) is 0.238. The van der Waals surface area contributed by atoms with Crippen LogP contribution in [-0.2, 0) is 0 Å². The zero-order chi connectivity index (χ0) is 20.2. The van der Waals surface area contributed by atoms with Crippen molar-refractivity contribution < 1.29 is 9.59 Å². The van der Waals surface area contributed by atoms with Gasteiger partial charge in [0.1, 0.15) is 0 Å². The number of nitrogens with zero attached hydrogens (tertiary/aromatic N) is 3. The molecule has 0 spiro atoms. The highest BCUT2D eigenvalue weighted by atomic mass is 32.2. The molecular formula is C21H20N4O2S2. The van der Waals surface area contributed by atoms with Crippen molar-refractivity contribution in [2.24, 2.45) is 0 Å². The third kappa shape index (κ3) is 4.33. The molecule has 8 heteroatoms. The molecule has 148 valence electrons. The van der Waals surface area contributed by atoms with Crippen molar-refractivity contribution in [3.63, 3.8) is 0 Å². The Balaban J connectivity index is 1.22. The molecule has 0 aliphatic carbocycles. The first-order valence-electron chi connectivity index (χ1n) is 9.37. The van der Waals surface area contributed by atoms with E-state index in [0.29, 0.717) is 17.7 Å². The summed E-state index contributed by atoms with van der Waals surface area (Å²) in [6, 6.07) is 15.1. The van der Waals surface area contributed by atoms with E-state index in [4.69, 9.17) is 0 Å². The van der Waals surface area contributed by atoms with Crippen LogP contribution in [0.2, 0.25) is 0 Å². The summed E-state index contributed by atoms with van der Waals surface area (Å²) in [4.78, 5) is 26.0. The van der Waals surface area contributed by atoms with E-state index in [-0.39, 0.29) is 11.8 Å². The minimum atomic E-state index is -0.186. The van der Waals surface area contributed by atoms with Gasteiger partial charge >= 0.3 is 0 Å². The van der Waals surface area contributed by atoms with Gasteiger partial charge in [0, 0.05) is 18.0 Å². The summed E-state index contributed by atoms with van der Waals surface area (Å²) in [6.07, 6.45) is 1.66. The summed E-state index contributed by atoms with van der Waals surface area (Å²) < 4.78 is 0.904. The number of rotatable bonds is 8. The van der Waals surface area contributed by atoms with E-state index in [9.17, 15) is 9.59 Å². The number of thioether (sulfide) groups is 1. The van der Waals surface area contributed by atoms with Crippen LogP contribution in [0.25, 0.3) is 0 Å². The number of imide groups is 1. The Morgan fingerprint density at radius 2 is 1.66 bits per heavy atom. The number of carbonyl (C=O) groups excluding carboxylic acids is 2. The molecule has 1 aliphatic rings. The lowest BCUT2D eigenvalue weighted by molar-refractivity contribution is 0.0652. The van der Waals surface area contributed by atoms with Gasteiger partial charge in [0.25, 0.3) is 11.8 Å². The van der Waals surface area contributed by atoms with Crippen LogP contribution in [0.15, 0.2) is 52.9 Å². The van der Waals surface area contributed by atoms with Gasteiger partial charge in [-0.25, -0.2) is 0 Å². The van der Waals surface area contributed by atoms with Gasteiger partial charge in [-0.3, -0.25) is 14.5 Å². The summed E-state index contributed by atoms with van der Waals surface area (Å²) in [5, 5.41) is 12.5. The maximum atomic E-state index is 12.3. The predicted molar refractivity (Wildman–Crippen MR) is 116 cm³/mol. The van der Waals surface area contributed by atoms with Gasteiger partial charge in [0.05, 0.1) is 11.1 Å². The maximum Gasteiger partial charge on any atom is 0.261 e. The van der Waals surface area contributed by atoms with Gasteiger partial charge in [0.2, 0.25) is 5.13 Å². The van der Waals surface area contributed by atoms with Crippen LogP contribution in [0, 0.1) is 6.92 Å². The Bertz CT molecular complexity index is 1020. The van der Waals surface area contributed by atoms with Crippen molar-refractivity contribution in [3.8, 4) is 0 Å². The zero-order valence-electron chi connectivity index (χ0n) is 15.9. The summed E-state index contributed by atoms with van der Waals surface area (Å²) in [7, 11) is 0. The van der Waals surface area contributed by atoms with Crippen molar-refractivity contribution >= 4 is 45.7 Å². The molecule has 1 aliphatic heterocycles. The van der Waals surface area contributed by atoms with Crippen molar-refractivity contribution in [2.75, 3.05) is 17.6 Å². The number of carbonyl (C=O) groups is 2. The number of amides is 2. The molecule has 4 rings (SSSR count).